The molecule has 0 radical (unpaired) electrons. The van der Waals surface area contributed by atoms with E-state index in [2.05, 4.69) is 9.53 Å². The molecule has 0 amide bonds. The third-order valence-electron chi connectivity index (χ3n) is 7.34. The molecule has 2 heterocycles. The summed E-state index contributed by atoms with van der Waals surface area (Å²) in [6.07, 6.45) is 5.47. The third kappa shape index (κ3) is 4.37. The molecular formula is C27H24Cl2N2O4S. The van der Waals surface area contributed by atoms with Gasteiger partial charge < -0.3 is 14.4 Å². The van der Waals surface area contributed by atoms with Crippen molar-refractivity contribution in [3.05, 3.63) is 69.0 Å². The van der Waals surface area contributed by atoms with E-state index in [0.29, 0.717) is 65.2 Å². The van der Waals surface area contributed by atoms with Crippen LogP contribution in [0.25, 0.3) is 21.3 Å². The minimum absolute atomic E-state index is 0.00104. The number of hydrogen-bond donors (Lipinski definition) is 1. The van der Waals surface area contributed by atoms with Crippen LogP contribution in [0.4, 0.5) is 0 Å². The van der Waals surface area contributed by atoms with Gasteiger partial charge in [-0.15, -0.1) is 0 Å². The van der Waals surface area contributed by atoms with E-state index in [1.807, 2.05) is 24.3 Å². The SMILES string of the molecule is O=Cc1nsc2ccc([C@]3(O)CC[C@@H](OCc4c(-c5c(Cl)cccc5Cl)noc4C4CC4)CC3)cc12. The van der Waals surface area contributed by atoms with Crippen LogP contribution in [0, 0.1) is 0 Å². The van der Waals surface area contributed by atoms with Crippen LogP contribution in [0.5, 0.6) is 0 Å². The lowest BCUT2D eigenvalue weighted by Crippen LogP contribution is -2.34. The minimum atomic E-state index is -0.956. The molecule has 2 aliphatic carbocycles. The van der Waals surface area contributed by atoms with Gasteiger partial charge in [0.1, 0.15) is 17.1 Å². The fourth-order valence-electron chi connectivity index (χ4n) is 5.11. The average molecular weight is 543 g/mol. The number of carbonyl (C=O) groups is 1. The summed E-state index contributed by atoms with van der Waals surface area (Å²) >= 11 is 14.2. The largest absolute Gasteiger partial charge is 0.385 e. The van der Waals surface area contributed by atoms with Crippen molar-refractivity contribution in [2.45, 2.75) is 62.8 Å². The highest BCUT2D eigenvalue weighted by Crippen LogP contribution is 2.46. The number of ether oxygens (including phenoxy) is 1. The van der Waals surface area contributed by atoms with Crippen molar-refractivity contribution in [2.75, 3.05) is 0 Å². The van der Waals surface area contributed by atoms with Crippen LogP contribution in [0.1, 0.15) is 71.8 Å². The maximum absolute atomic E-state index is 11.4. The first kappa shape index (κ1) is 24.1. The van der Waals surface area contributed by atoms with Crippen molar-refractivity contribution >= 4 is 51.1 Å². The van der Waals surface area contributed by atoms with Gasteiger partial charge in [-0.2, -0.15) is 4.37 Å². The van der Waals surface area contributed by atoms with Gasteiger partial charge in [-0.05, 0) is 79.9 Å². The maximum atomic E-state index is 11.4. The molecule has 2 aromatic heterocycles. The molecule has 2 aliphatic rings. The zero-order valence-electron chi connectivity index (χ0n) is 19.4. The summed E-state index contributed by atoms with van der Waals surface area (Å²) in [5.74, 6) is 1.22. The number of rotatable bonds is 7. The van der Waals surface area contributed by atoms with Gasteiger partial charge in [0.25, 0.3) is 0 Å². The molecule has 6 nitrogen and oxygen atoms in total. The Kier molecular flexibility index (Phi) is 6.38. The lowest BCUT2D eigenvalue weighted by Gasteiger charge is -2.36. The molecule has 36 heavy (non-hydrogen) atoms. The second-order valence-corrected chi connectivity index (χ2v) is 11.3. The quantitative estimate of drug-likeness (QED) is 0.246. The molecule has 0 bridgehead atoms. The summed E-state index contributed by atoms with van der Waals surface area (Å²) in [4.78, 5) is 11.3. The van der Waals surface area contributed by atoms with E-state index in [1.54, 1.807) is 12.1 Å². The Labute approximate surface area is 222 Å². The van der Waals surface area contributed by atoms with Crippen LogP contribution >= 0.6 is 34.7 Å². The number of carbonyl (C=O) groups excluding carboxylic acids is 1. The number of fused-ring (bicyclic) bond motifs is 1. The molecule has 4 aromatic rings. The predicted octanol–water partition coefficient (Wildman–Crippen LogP) is 7.30. The molecular weight excluding hydrogens is 519 g/mol. The van der Waals surface area contributed by atoms with Crippen molar-refractivity contribution in [1.82, 2.24) is 9.53 Å². The summed E-state index contributed by atoms with van der Waals surface area (Å²) in [5.41, 5.74) is 2.51. The zero-order chi connectivity index (χ0) is 24.9. The van der Waals surface area contributed by atoms with Gasteiger partial charge in [0.15, 0.2) is 6.29 Å². The van der Waals surface area contributed by atoms with Gasteiger partial charge >= 0.3 is 0 Å². The van der Waals surface area contributed by atoms with E-state index in [-0.39, 0.29) is 6.10 Å². The Hall–Kier alpha value is -2.29. The summed E-state index contributed by atoms with van der Waals surface area (Å²) in [5, 5.41) is 17.6. The highest BCUT2D eigenvalue weighted by molar-refractivity contribution is 7.13. The van der Waals surface area contributed by atoms with Crippen molar-refractivity contribution in [1.29, 1.82) is 0 Å². The first-order valence-electron chi connectivity index (χ1n) is 12.1. The molecule has 186 valence electrons. The predicted molar refractivity (Wildman–Crippen MR) is 140 cm³/mol. The molecule has 2 fully saturated rings. The number of benzene rings is 2. The van der Waals surface area contributed by atoms with Gasteiger partial charge in [-0.3, -0.25) is 4.79 Å². The van der Waals surface area contributed by atoms with Gasteiger partial charge in [-0.1, -0.05) is 40.5 Å². The molecule has 0 spiro atoms. The van der Waals surface area contributed by atoms with E-state index in [4.69, 9.17) is 32.5 Å². The molecule has 6 rings (SSSR count). The van der Waals surface area contributed by atoms with E-state index in [9.17, 15) is 9.90 Å². The van der Waals surface area contributed by atoms with Crippen molar-refractivity contribution in [2.24, 2.45) is 0 Å². The van der Waals surface area contributed by atoms with E-state index in [1.165, 1.54) is 11.5 Å². The van der Waals surface area contributed by atoms with Crippen LogP contribution < -0.4 is 0 Å². The van der Waals surface area contributed by atoms with E-state index in [0.717, 1.165) is 46.1 Å². The van der Waals surface area contributed by atoms with E-state index < -0.39 is 5.60 Å². The first-order chi connectivity index (χ1) is 17.5. The van der Waals surface area contributed by atoms with Crippen molar-refractivity contribution < 1.29 is 19.2 Å². The standard InChI is InChI=1S/C27H24Cl2N2O4S/c28-20-2-1-3-21(29)24(20)25-19(26(35-30-25)15-4-5-15)14-34-17-8-10-27(33,11-9-17)16-6-7-23-18(12-16)22(13-32)31-36-23/h1-3,6-7,12-13,15,17,33H,4-5,8-11,14H2/t17-,27+. The lowest BCUT2D eigenvalue weighted by molar-refractivity contribution is -0.0640. The summed E-state index contributed by atoms with van der Waals surface area (Å²) in [7, 11) is 0. The fraction of sp³-hybridized carbons (Fsp3) is 0.370. The molecule has 1 N–H and O–H groups in total. The van der Waals surface area contributed by atoms with Gasteiger partial charge in [0.05, 0.1) is 33.1 Å². The summed E-state index contributed by atoms with van der Waals surface area (Å²) in [6.45, 7) is 0.352. The first-order valence-corrected chi connectivity index (χ1v) is 13.6. The fourth-order valence-corrected chi connectivity index (χ4v) is 6.41. The molecule has 0 aliphatic heterocycles. The molecule has 9 heteroatoms. The van der Waals surface area contributed by atoms with Gasteiger partial charge in [0.2, 0.25) is 0 Å². The topological polar surface area (TPSA) is 85.5 Å². The Balaban J connectivity index is 1.18. The lowest BCUT2D eigenvalue weighted by atomic mass is 9.78. The third-order valence-corrected chi connectivity index (χ3v) is 8.81. The second-order valence-electron chi connectivity index (χ2n) is 9.68. The van der Waals surface area contributed by atoms with Crippen molar-refractivity contribution in [3.63, 3.8) is 0 Å². The van der Waals surface area contributed by atoms with Crippen LogP contribution in [-0.2, 0) is 16.9 Å². The number of aldehydes is 1. The molecule has 0 saturated heterocycles. The monoisotopic (exact) mass is 542 g/mol. The van der Waals surface area contributed by atoms with Crippen molar-refractivity contribution in [3.8, 4) is 11.3 Å². The average Bonchev–Trinajstić information content (AvgIpc) is 3.51. The Morgan fingerprint density at radius 2 is 1.89 bits per heavy atom. The van der Waals surface area contributed by atoms with Crippen LogP contribution in [0.15, 0.2) is 40.9 Å². The highest BCUT2D eigenvalue weighted by atomic mass is 35.5. The second kappa shape index (κ2) is 9.54. The summed E-state index contributed by atoms with van der Waals surface area (Å²) < 4.78 is 17.2. The summed E-state index contributed by atoms with van der Waals surface area (Å²) in [6, 6.07) is 11.2. The normalized spacial score (nSPS) is 22.2. The molecule has 0 atom stereocenters. The van der Waals surface area contributed by atoms with E-state index >= 15 is 0 Å². The Morgan fingerprint density at radius 3 is 2.58 bits per heavy atom. The zero-order valence-corrected chi connectivity index (χ0v) is 21.7. The molecule has 0 unspecified atom stereocenters. The minimum Gasteiger partial charge on any atom is -0.385 e. The molecule has 2 aromatic carbocycles. The number of nitrogens with zero attached hydrogens (tertiary/aromatic N) is 2. The van der Waals surface area contributed by atoms with Crippen LogP contribution in [0.2, 0.25) is 10.0 Å². The van der Waals surface area contributed by atoms with Crippen LogP contribution in [-0.4, -0.2) is 27.0 Å². The maximum Gasteiger partial charge on any atom is 0.170 e. The number of halogens is 2. The van der Waals surface area contributed by atoms with Gasteiger partial charge in [0, 0.05) is 22.4 Å². The number of aromatic nitrogens is 2. The smallest absolute Gasteiger partial charge is 0.170 e. The number of aliphatic hydroxyl groups is 1. The highest BCUT2D eigenvalue weighted by Gasteiger charge is 2.37. The molecule has 2 saturated carbocycles. The number of hydrogen-bond acceptors (Lipinski definition) is 7. The Morgan fingerprint density at radius 1 is 1.14 bits per heavy atom. The van der Waals surface area contributed by atoms with Gasteiger partial charge in [-0.25, -0.2) is 0 Å². The van der Waals surface area contributed by atoms with Crippen LogP contribution in [0.3, 0.4) is 0 Å². The Bertz CT molecular complexity index is 1420.